The van der Waals surface area contributed by atoms with E-state index < -0.39 is 0 Å². The lowest BCUT2D eigenvalue weighted by Gasteiger charge is -2.35. The van der Waals surface area contributed by atoms with Crippen molar-refractivity contribution < 1.29 is 4.79 Å². The van der Waals surface area contributed by atoms with Gasteiger partial charge in [-0.1, -0.05) is 17.7 Å². The standard InChI is InChI=1S/C17H18ClN3O/c18-12-2-1-10-7-19-16(14(10)6-12)17(22)21-13-5-11-8-20(9-13)4-3-15(11)21/h1-2,6,11,13,15H,3-5,7-9H2. The number of carbonyl (C=O) groups excluding carboxylic acids is 1. The highest BCUT2D eigenvalue weighted by Crippen LogP contribution is 2.41. The Kier molecular flexibility index (Phi) is 2.71. The van der Waals surface area contributed by atoms with Crippen LogP contribution in [0.1, 0.15) is 24.0 Å². The topological polar surface area (TPSA) is 35.9 Å². The maximum atomic E-state index is 13.2. The predicted octanol–water partition coefficient (Wildman–Crippen LogP) is 1.95. The molecule has 5 rings (SSSR count). The van der Waals surface area contributed by atoms with Gasteiger partial charge in [-0.15, -0.1) is 0 Å². The van der Waals surface area contributed by atoms with Gasteiger partial charge in [-0.05, 0) is 36.5 Å². The summed E-state index contributed by atoms with van der Waals surface area (Å²) in [5.41, 5.74) is 2.68. The van der Waals surface area contributed by atoms with Crippen molar-refractivity contribution in [3.63, 3.8) is 0 Å². The van der Waals surface area contributed by atoms with Crippen molar-refractivity contribution in [3.05, 3.63) is 34.3 Å². The van der Waals surface area contributed by atoms with Crippen LogP contribution in [0.2, 0.25) is 5.02 Å². The van der Waals surface area contributed by atoms with Gasteiger partial charge < -0.3 is 9.80 Å². The summed E-state index contributed by atoms with van der Waals surface area (Å²) in [5.74, 6) is 0.791. The molecule has 4 aliphatic rings. The molecular weight excluding hydrogens is 298 g/mol. The van der Waals surface area contributed by atoms with Crippen molar-refractivity contribution in [3.8, 4) is 0 Å². The molecule has 0 radical (unpaired) electrons. The van der Waals surface area contributed by atoms with Crippen molar-refractivity contribution >= 4 is 23.2 Å². The zero-order chi connectivity index (χ0) is 14.8. The number of hydrogen-bond acceptors (Lipinski definition) is 3. The Morgan fingerprint density at radius 2 is 2.23 bits per heavy atom. The lowest BCUT2D eigenvalue weighted by atomic mass is 9.89. The zero-order valence-corrected chi connectivity index (χ0v) is 13.1. The first-order valence-electron chi connectivity index (χ1n) is 8.09. The van der Waals surface area contributed by atoms with Gasteiger partial charge in [0.1, 0.15) is 5.71 Å². The van der Waals surface area contributed by atoms with E-state index in [0.717, 1.165) is 30.6 Å². The molecule has 1 aromatic carbocycles. The molecule has 4 unspecified atom stereocenters. The molecule has 4 aliphatic heterocycles. The second kappa shape index (κ2) is 4.56. The highest BCUT2D eigenvalue weighted by molar-refractivity contribution is 6.46. The number of halogens is 1. The molecule has 0 aromatic heterocycles. The van der Waals surface area contributed by atoms with Crippen LogP contribution in [0.4, 0.5) is 0 Å². The predicted molar refractivity (Wildman–Crippen MR) is 85.3 cm³/mol. The maximum Gasteiger partial charge on any atom is 0.273 e. The fraction of sp³-hybridized carbons (Fsp3) is 0.529. The second-order valence-corrected chi connectivity index (χ2v) is 7.38. The van der Waals surface area contributed by atoms with Crippen molar-refractivity contribution in [2.24, 2.45) is 10.9 Å². The number of rotatable bonds is 1. The van der Waals surface area contributed by atoms with E-state index in [1.165, 1.54) is 13.0 Å². The Balaban J connectivity index is 1.51. The van der Waals surface area contributed by atoms with Gasteiger partial charge in [0.15, 0.2) is 0 Å². The highest BCUT2D eigenvalue weighted by Gasteiger charge is 2.51. The molecule has 4 heterocycles. The molecule has 3 bridgehead atoms. The van der Waals surface area contributed by atoms with Crippen LogP contribution < -0.4 is 0 Å². The molecule has 22 heavy (non-hydrogen) atoms. The number of piperidine rings is 2. The van der Waals surface area contributed by atoms with Crippen LogP contribution in [0, 0.1) is 5.92 Å². The number of benzene rings is 1. The number of aliphatic imine (C=N–C) groups is 1. The molecule has 0 spiro atoms. The zero-order valence-electron chi connectivity index (χ0n) is 12.3. The van der Waals surface area contributed by atoms with Crippen molar-refractivity contribution in [1.82, 2.24) is 9.80 Å². The molecule has 3 saturated heterocycles. The molecule has 1 aromatic rings. The summed E-state index contributed by atoms with van der Waals surface area (Å²) in [6.07, 6.45) is 2.28. The number of hydrogen-bond donors (Lipinski definition) is 0. The normalized spacial score (nSPS) is 34.8. The first-order chi connectivity index (χ1) is 10.7. The summed E-state index contributed by atoms with van der Waals surface area (Å²) in [7, 11) is 0. The van der Waals surface area contributed by atoms with Crippen LogP contribution in [-0.4, -0.2) is 53.1 Å². The summed E-state index contributed by atoms with van der Waals surface area (Å²) in [4.78, 5) is 22.4. The average molecular weight is 316 g/mol. The molecule has 4 nitrogen and oxygen atoms in total. The fourth-order valence-electron chi connectivity index (χ4n) is 4.83. The Labute approximate surface area is 134 Å². The smallest absolute Gasteiger partial charge is 0.273 e. The summed E-state index contributed by atoms with van der Waals surface area (Å²) >= 11 is 6.12. The van der Waals surface area contributed by atoms with E-state index in [2.05, 4.69) is 14.8 Å². The Bertz CT molecular complexity index is 701. The molecule has 3 fully saturated rings. The summed E-state index contributed by atoms with van der Waals surface area (Å²) in [6.45, 7) is 3.94. The maximum absolute atomic E-state index is 13.2. The third-order valence-electron chi connectivity index (χ3n) is 5.74. The molecule has 1 amide bonds. The minimum atomic E-state index is 0.127. The number of fused-ring (bicyclic) bond motifs is 3. The van der Waals surface area contributed by atoms with Crippen molar-refractivity contribution in [1.29, 1.82) is 0 Å². The Morgan fingerprint density at radius 1 is 1.32 bits per heavy atom. The average Bonchev–Trinajstić information content (AvgIpc) is 2.98. The molecular formula is C17H18ClN3O. The molecule has 5 heteroatoms. The summed E-state index contributed by atoms with van der Waals surface area (Å²) < 4.78 is 0. The fourth-order valence-corrected chi connectivity index (χ4v) is 5.00. The van der Waals surface area contributed by atoms with Crippen LogP contribution in [0.5, 0.6) is 0 Å². The highest BCUT2D eigenvalue weighted by atomic mass is 35.5. The largest absolute Gasteiger partial charge is 0.330 e. The first-order valence-corrected chi connectivity index (χ1v) is 8.47. The van der Waals surface area contributed by atoms with Gasteiger partial charge >= 0.3 is 0 Å². The minimum Gasteiger partial charge on any atom is -0.330 e. The van der Waals surface area contributed by atoms with Gasteiger partial charge in [-0.3, -0.25) is 9.79 Å². The van der Waals surface area contributed by atoms with E-state index >= 15 is 0 Å². The third kappa shape index (κ3) is 1.74. The van der Waals surface area contributed by atoms with E-state index in [4.69, 9.17) is 11.6 Å². The summed E-state index contributed by atoms with van der Waals surface area (Å²) in [5, 5.41) is 0.674. The van der Waals surface area contributed by atoms with Crippen molar-refractivity contribution in [2.45, 2.75) is 31.5 Å². The van der Waals surface area contributed by atoms with Crippen LogP contribution in [0.3, 0.4) is 0 Å². The molecule has 4 atom stereocenters. The minimum absolute atomic E-state index is 0.127. The van der Waals surface area contributed by atoms with Crippen LogP contribution in [-0.2, 0) is 11.3 Å². The van der Waals surface area contributed by atoms with E-state index in [0.29, 0.717) is 35.3 Å². The number of amides is 1. The van der Waals surface area contributed by atoms with E-state index in [-0.39, 0.29) is 5.91 Å². The van der Waals surface area contributed by atoms with Crippen LogP contribution in [0.25, 0.3) is 0 Å². The van der Waals surface area contributed by atoms with Gasteiger partial charge in [-0.25, -0.2) is 0 Å². The van der Waals surface area contributed by atoms with Gasteiger partial charge in [0.05, 0.1) is 6.54 Å². The monoisotopic (exact) mass is 315 g/mol. The van der Waals surface area contributed by atoms with Crippen molar-refractivity contribution in [2.75, 3.05) is 19.6 Å². The van der Waals surface area contributed by atoms with E-state index in [1.807, 2.05) is 18.2 Å². The molecule has 0 aliphatic carbocycles. The van der Waals surface area contributed by atoms with E-state index in [1.54, 1.807) is 0 Å². The molecule has 0 N–H and O–H groups in total. The number of likely N-dealkylation sites (tertiary alicyclic amines) is 1. The Hall–Kier alpha value is -1.39. The lowest BCUT2D eigenvalue weighted by Crippen LogP contribution is -2.45. The third-order valence-corrected chi connectivity index (χ3v) is 5.98. The van der Waals surface area contributed by atoms with Gasteiger partial charge in [0.2, 0.25) is 0 Å². The second-order valence-electron chi connectivity index (χ2n) is 6.94. The molecule has 0 saturated carbocycles. The van der Waals surface area contributed by atoms with Gasteiger partial charge in [0, 0.05) is 42.3 Å². The van der Waals surface area contributed by atoms with Gasteiger partial charge in [0.25, 0.3) is 5.91 Å². The number of nitrogens with zero attached hydrogens (tertiary/aromatic N) is 3. The number of carbonyl (C=O) groups is 1. The van der Waals surface area contributed by atoms with Gasteiger partial charge in [-0.2, -0.15) is 0 Å². The van der Waals surface area contributed by atoms with Crippen LogP contribution >= 0.6 is 11.6 Å². The quantitative estimate of drug-likeness (QED) is 0.794. The summed E-state index contributed by atoms with van der Waals surface area (Å²) in [6, 6.07) is 6.55. The van der Waals surface area contributed by atoms with E-state index in [9.17, 15) is 4.79 Å². The van der Waals surface area contributed by atoms with Crippen LogP contribution in [0.15, 0.2) is 23.2 Å². The SMILES string of the molecule is O=C(C1=NCc2ccc(Cl)cc21)N1C2CC3CN(CCC31)C2. The molecule has 114 valence electrons. The lowest BCUT2D eigenvalue weighted by molar-refractivity contribution is -0.126. The Morgan fingerprint density at radius 3 is 3.14 bits per heavy atom. The first kappa shape index (κ1) is 13.1.